The van der Waals surface area contributed by atoms with Gasteiger partial charge in [0.2, 0.25) is 0 Å². The van der Waals surface area contributed by atoms with Crippen molar-refractivity contribution in [3.8, 4) is 11.5 Å². The van der Waals surface area contributed by atoms with Gasteiger partial charge in [-0.15, -0.1) is 11.3 Å². The van der Waals surface area contributed by atoms with Crippen LogP contribution in [0.15, 0.2) is 86.0 Å². The lowest BCUT2D eigenvalue weighted by atomic mass is 9.98. The van der Waals surface area contributed by atoms with Crippen molar-refractivity contribution < 1.29 is 0 Å². The number of fused-ring (bicyclic) bond motifs is 1. The molecule has 42 heavy (non-hydrogen) atoms. The number of likely N-dealkylation sites (tertiary alicyclic amines) is 1. The van der Waals surface area contributed by atoms with Crippen molar-refractivity contribution in [3.05, 3.63) is 113 Å². The Hall–Kier alpha value is -4.00. The molecule has 0 aliphatic carbocycles. The number of imidazole rings is 1. The van der Waals surface area contributed by atoms with Crippen LogP contribution in [0.1, 0.15) is 66.2 Å². The predicted molar refractivity (Wildman–Crippen MR) is 182 cm³/mol. The first-order chi connectivity index (χ1) is 20.4. The SMILES string of the molecule is C=C/C=C(/c1ccc(C(=C)C)s1)c1nc(-c2n[nH]c3ccc(C(/C=C(\C=C)CCCN4CCCC4)=C/C)cc23)[nH]c1C. The Balaban J connectivity index is 1.43. The highest BCUT2D eigenvalue weighted by Gasteiger charge is 2.19. The molecule has 0 bridgehead atoms. The van der Waals surface area contributed by atoms with Crippen LogP contribution < -0.4 is 0 Å². The number of aromatic amines is 2. The van der Waals surface area contributed by atoms with E-state index in [9.17, 15) is 0 Å². The van der Waals surface area contributed by atoms with Crippen molar-refractivity contribution >= 4 is 39.0 Å². The lowest BCUT2D eigenvalue weighted by Gasteiger charge is -2.14. The van der Waals surface area contributed by atoms with Crippen molar-refractivity contribution in [1.29, 1.82) is 0 Å². The van der Waals surface area contributed by atoms with E-state index < -0.39 is 0 Å². The van der Waals surface area contributed by atoms with E-state index in [-0.39, 0.29) is 0 Å². The minimum Gasteiger partial charge on any atom is -0.340 e. The van der Waals surface area contributed by atoms with Gasteiger partial charge in [-0.25, -0.2) is 4.98 Å². The molecule has 0 saturated carbocycles. The number of rotatable bonds is 12. The lowest BCUT2D eigenvalue weighted by Crippen LogP contribution is -2.20. The minimum absolute atomic E-state index is 0.740. The van der Waals surface area contributed by atoms with E-state index in [1.807, 2.05) is 25.2 Å². The fourth-order valence-electron chi connectivity index (χ4n) is 5.60. The zero-order valence-electron chi connectivity index (χ0n) is 25.1. The molecule has 0 atom stereocenters. The molecule has 5 rings (SSSR count). The van der Waals surface area contributed by atoms with Gasteiger partial charge in [0.05, 0.1) is 11.2 Å². The summed E-state index contributed by atoms with van der Waals surface area (Å²) >= 11 is 1.71. The van der Waals surface area contributed by atoms with E-state index in [2.05, 4.69) is 96.1 Å². The van der Waals surface area contributed by atoms with Crippen LogP contribution in [0, 0.1) is 6.92 Å². The van der Waals surface area contributed by atoms with Gasteiger partial charge in [-0.3, -0.25) is 5.10 Å². The first kappa shape index (κ1) is 29.5. The quantitative estimate of drug-likeness (QED) is 0.165. The zero-order chi connectivity index (χ0) is 29.6. The summed E-state index contributed by atoms with van der Waals surface area (Å²) in [4.78, 5) is 13.4. The number of hydrogen-bond acceptors (Lipinski definition) is 4. The van der Waals surface area contributed by atoms with Crippen molar-refractivity contribution in [3.63, 3.8) is 0 Å². The van der Waals surface area contributed by atoms with Crippen LogP contribution in [0.4, 0.5) is 0 Å². The number of allylic oxidation sites excluding steroid dienone is 8. The van der Waals surface area contributed by atoms with E-state index in [0.29, 0.717) is 0 Å². The number of benzene rings is 1. The average molecular weight is 576 g/mol. The second-order valence-electron chi connectivity index (χ2n) is 11.0. The monoisotopic (exact) mass is 575 g/mol. The number of H-pyrrole nitrogens is 2. The summed E-state index contributed by atoms with van der Waals surface area (Å²) in [6.45, 7) is 22.0. The summed E-state index contributed by atoms with van der Waals surface area (Å²) in [5.74, 6) is 0.740. The van der Waals surface area contributed by atoms with Crippen LogP contribution in [-0.4, -0.2) is 44.7 Å². The molecule has 216 valence electrons. The Morgan fingerprint density at radius 1 is 1.12 bits per heavy atom. The smallest absolute Gasteiger partial charge is 0.159 e. The second kappa shape index (κ2) is 13.3. The Morgan fingerprint density at radius 2 is 1.90 bits per heavy atom. The summed E-state index contributed by atoms with van der Waals surface area (Å²) in [7, 11) is 0. The summed E-state index contributed by atoms with van der Waals surface area (Å²) in [6.07, 6.45) is 15.1. The molecule has 6 heteroatoms. The molecule has 4 heterocycles. The Kier molecular flexibility index (Phi) is 9.35. The molecule has 5 nitrogen and oxygen atoms in total. The Morgan fingerprint density at radius 3 is 2.60 bits per heavy atom. The molecule has 1 aliphatic rings. The molecule has 4 aromatic rings. The van der Waals surface area contributed by atoms with Gasteiger partial charge < -0.3 is 9.88 Å². The van der Waals surface area contributed by atoms with Gasteiger partial charge >= 0.3 is 0 Å². The fraction of sp³-hybridized carbons (Fsp3) is 0.278. The van der Waals surface area contributed by atoms with Gasteiger partial charge in [0.1, 0.15) is 5.69 Å². The lowest BCUT2D eigenvalue weighted by molar-refractivity contribution is 0.334. The van der Waals surface area contributed by atoms with Gasteiger partial charge in [-0.2, -0.15) is 5.10 Å². The van der Waals surface area contributed by atoms with Gasteiger partial charge in [-0.05, 0) is 113 Å². The third-order valence-electron chi connectivity index (χ3n) is 7.89. The van der Waals surface area contributed by atoms with Crippen LogP contribution in [0.25, 0.3) is 39.1 Å². The molecule has 0 spiro atoms. The van der Waals surface area contributed by atoms with Gasteiger partial charge in [0.25, 0.3) is 0 Å². The van der Waals surface area contributed by atoms with Crippen LogP contribution >= 0.6 is 11.3 Å². The summed E-state index contributed by atoms with van der Waals surface area (Å²) < 4.78 is 0. The topological polar surface area (TPSA) is 60.6 Å². The molecule has 0 unspecified atom stereocenters. The van der Waals surface area contributed by atoms with E-state index in [4.69, 9.17) is 4.98 Å². The number of aromatic nitrogens is 4. The number of thiophene rings is 1. The second-order valence-corrected chi connectivity index (χ2v) is 12.1. The first-order valence-electron chi connectivity index (χ1n) is 14.8. The highest BCUT2D eigenvalue weighted by Crippen LogP contribution is 2.35. The maximum atomic E-state index is 5.06. The third-order valence-corrected chi connectivity index (χ3v) is 9.17. The average Bonchev–Trinajstić information content (AvgIpc) is 3.80. The highest BCUT2D eigenvalue weighted by atomic mass is 32.1. The Labute approximate surface area is 253 Å². The molecule has 1 aromatic carbocycles. The molecule has 0 amide bonds. The number of nitrogens with zero attached hydrogens (tertiary/aromatic N) is 3. The minimum atomic E-state index is 0.740. The Bertz CT molecular complexity index is 1700. The van der Waals surface area contributed by atoms with Crippen LogP contribution in [0.2, 0.25) is 0 Å². The van der Waals surface area contributed by atoms with E-state index in [0.717, 1.165) is 74.8 Å². The molecule has 2 N–H and O–H groups in total. The molecule has 1 aliphatic heterocycles. The summed E-state index contributed by atoms with van der Waals surface area (Å²) in [5, 5.41) is 8.92. The van der Waals surface area contributed by atoms with E-state index in [1.165, 1.54) is 42.0 Å². The van der Waals surface area contributed by atoms with Crippen LogP contribution in [-0.2, 0) is 0 Å². The fourth-order valence-corrected chi connectivity index (χ4v) is 6.55. The number of hydrogen-bond donors (Lipinski definition) is 2. The zero-order valence-corrected chi connectivity index (χ0v) is 25.9. The molecule has 3 aromatic heterocycles. The highest BCUT2D eigenvalue weighted by molar-refractivity contribution is 7.14. The van der Waals surface area contributed by atoms with Crippen LogP contribution in [0.5, 0.6) is 0 Å². The summed E-state index contributed by atoms with van der Waals surface area (Å²) in [6, 6.07) is 10.7. The largest absolute Gasteiger partial charge is 0.340 e. The predicted octanol–water partition coefficient (Wildman–Crippen LogP) is 9.37. The maximum Gasteiger partial charge on any atom is 0.159 e. The van der Waals surface area contributed by atoms with Crippen molar-refractivity contribution in [1.82, 2.24) is 25.1 Å². The van der Waals surface area contributed by atoms with Crippen molar-refractivity contribution in [2.45, 2.75) is 46.5 Å². The number of aryl methyl sites for hydroxylation is 1. The van der Waals surface area contributed by atoms with Gasteiger partial charge in [0, 0.05) is 26.4 Å². The summed E-state index contributed by atoms with van der Waals surface area (Å²) in [5.41, 5.74) is 9.35. The molecule has 1 fully saturated rings. The molecule has 1 saturated heterocycles. The van der Waals surface area contributed by atoms with E-state index >= 15 is 0 Å². The van der Waals surface area contributed by atoms with Gasteiger partial charge in [-0.1, -0.05) is 56.2 Å². The van der Waals surface area contributed by atoms with Crippen LogP contribution in [0.3, 0.4) is 0 Å². The first-order valence-corrected chi connectivity index (χ1v) is 15.6. The van der Waals surface area contributed by atoms with Crippen molar-refractivity contribution in [2.75, 3.05) is 19.6 Å². The van der Waals surface area contributed by atoms with Gasteiger partial charge in [0.15, 0.2) is 5.82 Å². The van der Waals surface area contributed by atoms with E-state index in [1.54, 1.807) is 11.3 Å². The molecular weight excluding hydrogens is 534 g/mol. The molecular formula is C36H41N5S. The number of nitrogens with one attached hydrogen (secondary N) is 2. The maximum absolute atomic E-state index is 5.06. The third kappa shape index (κ3) is 6.40. The molecule has 0 radical (unpaired) electrons. The normalized spacial score (nSPS) is 15.1. The van der Waals surface area contributed by atoms with Crippen molar-refractivity contribution in [2.24, 2.45) is 0 Å². The standard InChI is InChI=1S/C36H41N5S/c1-7-13-29(33-18-17-32(42-33)24(4)5)34-25(6)37-36(38-34)35-30-23-28(15-16-31(30)39-40-35)27(9-3)22-26(8-2)14-12-21-41-19-10-11-20-41/h7-9,13,15-18,22-23H,1-2,4,10-12,14,19-21H2,3,5-6H3,(H,37,38)(H,39,40)/b26-22+,27-9+,29-13-.